The van der Waals surface area contributed by atoms with E-state index in [0.717, 1.165) is 18.4 Å². The van der Waals surface area contributed by atoms with Gasteiger partial charge in [-0.3, -0.25) is 14.4 Å². The Morgan fingerprint density at radius 3 is 2.68 bits per heavy atom. The third-order valence-corrected chi connectivity index (χ3v) is 6.07. The number of hydrogen-bond acceptors (Lipinski definition) is 5. The summed E-state index contributed by atoms with van der Waals surface area (Å²) in [5.41, 5.74) is 2.21. The van der Waals surface area contributed by atoms with Crippen LogP contribution in [0.4, 0.5) is 0 Å². The number of rotatable bonds is 4. The number of hydrogen-bond donors (Lipinski definition) is 1. The van der Waals surface area contributed by atoms with Gasteiger partial charge in [-0.1, -0.05) is 17.7 Å². The standard InChI is InChI=1S/C23H28N4O4/c1-14-6-8-17(9-7-14)31-15(2)23(30)27-11-4-5-20(27)21-24-19-13-26(16(3)28)12-10-18(19)22(29)25-21/h6-9,15,20H,4-5,10-13H2,1-3H3,(H,24,25,29)/t15-,20-/m0/s1. The summed E-state index contributed by atoms with van der Waals surface area (Å²) in [5.74, 6) is 0.970. The second kappa shape index (κ2) is 8.53. The van der Waals surface area contributed by atoms with Gasteiger partial charge >= 0.3 is 0 Å². The van der Waals surface area contributed by atoms with Gasteiger partial charge in [-0.15, -0.1) is 0 Å². The molecule has 0 radical (unpaired) electrons. The summed E-state index contributed by atoms with van der Waals surface area (Å²) >= 11 is 0. The van der Waals surface area contributed by atoms with Gasteiger partial charge in [0.15, 0.2) is 6.10 Å². The molecule has 2 aliphatic heterocycles. The normalized spacial score (nSPS) is 19.1. The second-order valence-corrected chi connectivity index (χ2v) is 8.33. The third kappa shape index (κ3) is 4.33. The van der Waals surface area contributed by atoms with Crippen molar-refractivity contribution in [3.63, 3.8) is 0 Å². The number of benzene rings is 1. The van der Waals surface area contributed by atoms with Crippen LogP contribution in [0.5, 0.6) is 5.75 Å². The van der Waals surface area contributed by atoms with E-state index < -0.39 is 6.10 Å². The number of aromatic nitrogens is 2. The molecular formula is C23H28N4O4. The first-order chi connectivity index (χ1) is 14.8. The van der Waals surface area contributed by atoms with Crippen molar-refractivity contribution in [2.45, 2.75) is 58.7 Å². The smallest absolute Gasteiger partial charge is 0.263 e. The molecule has 0 bridgehead atoms. The Morgan fingerprint density at radius 2 is 1.97 bits per heavy atom. The Balaban J connectivity index is 1.54. The maximum absolute atomic E-state index is 13.1. The van der Waals surface area contributed by atoms with Gasteiger partial charge in [0, 0.05) is 25.6 Å². The van der Waals surface area contributed by atoms with Crippen molar-refractivity contribution in [1.82, 2.24) is 19.8 Å². The highest BCUT2D eigenvalue weighted by atomic mass is 16.5. The van der Waals surface area contributed by atoms with Crippen molar-refractivity contribution in [2.24, 2.45) is 0 Å². The van der Waals surface area contributed by atoms with Crippen LogP contribution in [-0.2, 0) is 22.6 Å². The van der Waals surface area contributed by atoms with E-state index in [-0.39, 0.29) is 23.4 Å². The molecular weight excluding hydrogens is 396 g/mol. The summed E-state index contributed by atoms with van der Waals surface area (Å²) in [5, 5.41) is 0. The zero-order valence-corrected chi connectivity index (χ0v) is 18.2. The van der Waals surface area contributed by atoms with Gasteiger partial charge in [0.25, 0.3) is 11.5 Å². The summed E-state index contributed by atoms with van der Waals surface area (Å²) < 4.78 is 5.85. The number of aryl methyl sites for hydroxylation is 1. The molecule has 8 heteroatoms. The van der Waals surface area contributed by atoms with Crippen molar-refractivity contribution >= 4 is 11.8 Å². The van der Waals surface area contributed by atoms with Crippen molar-refractivity contribution in [2.75, 3.05) is 13.1 Å². The molecule has 2 aliphatic rings. The Hall–Kier alpha value is -3.16. The van der Waals surface area contributed by atoms with E-state index in [0.29, 0.717) is 48.9 Å². The lowest BCUT2D eigenvalue weighted by Gasteiger charge is -2.29. The van der Waals surface area contributed by atoms with E-state index in [1.165, 1.54) is 6.92 Å². The molecule has 164 valence electrons. The van der Waals surface area contributed by atoms with E-state index >= 15 is 0 Å². The van der Waals surface area contributed by atoms with Gasteiger partial charge in [0.1, 0.15) is 11.6 Å². The summed E-state index contributed by atoms with van der Waals surface area (Å²) in [6, 6.07) is 7.28. The van der Waals surface area contributed by atoms with E-state index in [1.54, 1.807) is 16.7 Å². The molecule has 2 aromatic rings. The molecule has 0 unspecified atom stereocenters. The van der Waals surface area contributed by atoms with Crippen LogP contribution in [0.3, 0.4) is 0 Å². The SMILES string of the molecule is CC(=O)N1CCc2c(nc([C@@H]3CCCN3C(=O)[C@H](C)Oc3ccc(C)cc3)[nH]c2=O)C1. The molecule has 8 nitrogen and oxygen atoms in total. The minimum absolute atomic E-state index is 0.0333. The molecule has 1 aromatic carbocycles. The predicted molar refractivity (Wildman–Crippen MR) is 115 cm³/mol. The van der Waals surface area contributed by atoms with Gasteiger partial charge in [-0.2, -0.15) is 0 Å². The highest BCUT2D eigenvalue weighted by Gasteiger charge is 2.35. The van der Waals surface area contributed by atoms with Crippen molar-refractivity contribution in [3.05, 3.63) is 57.3 Å². The molecule has 4 rings (SSSR count). The fourth-order valence-corrected chi connectivity index (χ4v) is 4.31. The lowest BCUT2D eigenvalue weighted by Crippen LogP contribution is -2.42. The lowest BCUT2D eigenvalue weighted by molar-refractivity contribution is -0.139. The highest BCUT2D eigenvalue weighted by molar-refractivity contribution is 5.81. The van der Waals surface area contributed by atoms with Gasteiger partial charge in [0.2, 0.25) is 5.91 Å². The number of fused-ring (bicyclic) bond motifs is 1. The zero-order chi connectivity index (χ0) is 22.1. The summed E-state index contributed by atoms with van der Waals surface area (Å²) in [6.07, 6.45) is 1.39. The molecule has 2 atom stereocenters. The molecule has 1 N–H and O–H groups in total. The Morgan fingerprint density at radius 1 is 1.23 bits per heavy atom. The topological polar surface area (TPSA) is 95.6 Å². The molecule has 0 saturated carbocycles. The average Bonchev–Trinajstić information content (AvgIpc) is 3.24. The maximum atomic E-state index is 13.1. The number of nitrogens with zero attached hydrogens (tertiary/aromatic N) is 3. The van der Waals surface area contributed by atoms with Crippen LogP contribution in [-0.4, -0.2) is 50.8 Å². The van der Waals surface area contributed by atoms with Gasteiger partial charge in [-0.05, 0) is 45.2 Å². The molecule has 1 saturated heterocycles. The summed E-state index contributed by atoms with van der Waals surface area (Å²) in [6.45, 7) is 6.70. The minimum Gasteiger partial charge on any atom is -0.481 e. The Bertz CT molecular complexity index is 1050. The number of ether oxygens (including phenoxy) is 1. The number of aromatic amines is 1. The summed E-state index contributed by atoms with van der Waals surface area (Å²) in [4.78, 5) is 48.6. The first-order valence-corrected chi connectivity index (χ1v) is 10.7. The van der Waals surface area contributed by atoms with Crippen LogP contribution in [0, 0.1) is 6.92 Å². The summed E-state index contributed by atoms with van der Waals surface area (Å²) in [7, 11) is 0. The van der Waals surface area contributed by atoms with Gasteiger partial charge in [-0.25, -0.2) is 4.98 Å². The highest BCUT2D eigenvalue weighted by Crippen LogP contribution is 2.31. The number of amides is 2. The predicted octanol–water partition coefficient (Wildman–Crippen LogP) is 2.11. The number of nitrogens with one attached hydrogen (secondary N) is 1. The number of carbonyl (C=O) groups excluding carboxylic acids is 2. The van der Waals surface area contributed by atoms with Crippen LogP contribution < -0.4 is 10.3 Å². The Labute approximate surface area is 181 Å². The van der Waals surface area contributed by atoms with Crippen molar-refractivity contribution in [1.29, 1.82) is 0 Å². The minimum atomic E-state index is -0.652. The van der Waals surface area contributed by atoms with E-state index in [1.807, 2.05) is 31.2 Å². The Kier molecular flexibility index (Phi) is 5.80. The number of likely N-dealkylation sites (tertiary alicyclic amines) is 1. The average molecular weight is 425 g/mol. The van der Waals surface area contributed by atoms with Crippen LogP contribution in [0.25, 0.3) is 0 Å². The molecule has 1 aromatic heterocycles. The van der Waals surface area contributed by atoms with Crippen molar-refractivity contribution in [3.8, 4) is 5.75 Å². The fraction of sp³-hybridized carbons (Fsp3) is 0.478. The number of H-pyrrole nitrogens is 1. The quantitative estimate of drug-likeness (QED) is 0.811. The molecule has 3 heterocycles. The fourth-order valence-electron chi connectivity index (χ4n) is 4.31. The van der Waals surface area contributed by atoms with Gasteiger partial charge in [0.05, 0.1) is 18.3 Å². The molecule has 0 spiro atoms. The molecule has 2 amide bonds. The van der Waals surface area contributed by atoms with E-state index in [9.17, 15) is 14.4 Å². The van der Waals surface area contributed by atoms with Crippen LogP contribution in [0.15, 0.2) is 29.1 Å². The van der Waals surface area contributed by atoms with Crippen LogP contribution in [0.2, 0.25) is 0 Å². The lowest BCUT2D eigenvalue weighted by atomic mass is 10.1. The third-order valence-electron chi connectivity index (χ3n) is 6.07. The maximum Gasteiger partial charge on any atom is 0.263 e. The first kappa shape index (κ1) is 21.1. The van der Waals surface area contributed by atoms with E-state index in [4.69, 9.17) is 9.72 Å². The number of carbonyl (C=O) groups is 2. The monoisotopic (exact) mass is 424 g/mol. The van der Waals surface area contributed by atoms with Crippen molar-refractivity contribution < 1.29 is 14.3 Å². The van der Waals surface area contributed by atoms with E-state index in [2.05, 4.69) is 4.98 Å². The first-order valence-electron chi connectivity index (χ1n) is 10.7. The second-order valence-electron chi connectivity index (χ2n) is 8.33. The van der Waals surface area contributed by atoms with Crippen LogP contribution >= 0.6 is 0 Å². The molecule has 31 heavy (non-hydrogen) atoms. The van der Waals surface area contributed by atoms with Gasteiger partial charge < -0.3 is 19.5 Å². The van der Waals surface area contributed by atoms with Crippen LogP contribution in [0.1, 0.15) is 55.4 Å². The molecule has 0 aliphatic carbocycles. The zero-order valence-electron chi connectivity index (χ0n) is 18.2. The molecule has 1 fully saturated rings. The largest absolute Gasteiger partial charge is 0.481 e.